The average molecular weight is 948 g/mol. The number of carbonyl (C=O) groups excluding carboxylic acids is 5. The summed E-state index contributed by atoms with van der Waals surface area (Å²) < 4.78 is 18.1. The molecule has 4 atom stereocenters. The van der Waals surface area contributed by atoms with Crippen LogP contribution in [0.4, 0.5) is 5.69 Å². The number of carbonyl (C=O) groups is 5. The molecule has 69 heavy (non-hydrogen) atoms. The minimum absolute atomic E-state index is 0.00615. The first-order chi connectivity index (χ1) is 32.9. The van der Waals surface area contributed by atoms with Gasteiger partial charge in [0.2, 0.25) is 23.6 Å². The lowest BCUT2D eigenvalue weighted by Gasteiger charge is -2.32. The molecule has 5 amide bonds. The van der Waals surface area contributed by atoms with Crippen molar-refractivity contribution >= 4 is 35.2 Å². The highest BCUT2D eigenvalue weighted by Crippen LogP contribution is 2.40. The van der Waals surface area contributed by atoms with Crippen molar-refractivity contribution in [1.82, 2.24) is 31.2 Å². The van der Waals surface area contributed by atoms with Crippen LogP contribution >= 0.6 is 0 Å². The average Bonchev–Trinajstić information content (AvgIpc) is 3.30. The van der Waals surface area contributed by atoms with E-state index in [1.807, 2.05) is 30.3 Å². The molecule has 19 nitrogen and oxygen atoms in total. The van der Waals surface area contributed by atoms with Gasteiger partial charge < -0.3 is 63.3 Å². The Morgan fingerprint density at radius 2 is 1.54 bits per heavy atom. The molecular weight excluding hydrogens is 883 g/mol. The first kappa shape index (κ1) is 52.7. The minimum atomic E-state index is -1.43. The number of aromatic nitrogens is 1. The molecule has 1 aromatic heterocycles. The molecule has 0 spiro atoms. The molecule has 0 saturated carbocycles. The molecule has 4 unspecified atom stereocenters. The number of fused-ring (bicyclic) bond motifs is 5. The summed E-state index contributed by atoms with van der Waals surface area (Å²) in [5.74, 6) is -2.02. The second kappa shape index (κ2) is 24.1. The van der Waals surface area contributed by atoms with E-state index >= 15 is 0 Å². The van der Waals surface area contributed by atoms with Gasteiger partial charge >= 0.3 is 0 Å². The third-order valence-electron chi connectivity index (χ3n) is 11.3. The fourth-order valence-corrected chi connectivity index (χ4v) is 7.70. The van der Waals surface area contributed by atoms with Crippen LogP contribution in [0.15, 0.2) is 66.7 Å². The number of likely N-dealkylation sites (N-methyl/N-ethyl adjacent to an activating group) is 1. The highest BCUT2D eigenvalue weighted by molar-refractivity contribution is 6.03. The van der Waals surface area contributed by atoms with Crippen molar-refractivity contribution in [1.29, 1.82) is 5.26 Å². The number of nitrogen functional groups attached to an aromatic ring is 1. The van der Waals surface area contributed by atoms with Gasteiger partial charge in [0.1, 0.15) is 61.2 Å². The Labute approximate surface area is 403 Å². The van der Waals surface area contributed by atoms with Crippen molar-refractivity contribution in [2.24, 2.45) is 22.6 Å². The van der Waals surface area contributed by atoms with Crippen molar-refractivity contribution < 1.29 is 38.2 Å². The zero-order chi connectivity index (χ0) is 50.4. The summed E-state index contributed by atoms with van der Waals surface area (Å²) in [5, 5.41) is 19.9. The number of hydrogen-bond acceptors (Lipinski definition) is 14. The summed E-state index contributed by atoms with van der Waals surface area (Å²) in [5.41, 5.74) is 28.0. The summed E-state index contributed by atoms with van der Waals surface area (Å²) >= 11 is 0. The smallest absolute Gasteiger partial charge is 0.255 e. The number of pyridine rings is 1. The quantitative estimate of drug-likeness (QED) is 0.0666. The zero-order valence-corrected chi connectivity index (χ0v) is 40.1. The van der Waals surface area contributed by atoms with Crippen LogP contribution in [-0.2, 0) is 25.6 Å². The summed E-state index contributed by atoms with van der Waals surface area (Å²) in [7, 11) is 1.40. The number of nitrogens with two attached hydrogens (primary N) is 4. The largest absolute Gasteiger partial charge is 0.494 e. The minimum Gasteiger partial charge on any atom is -0.494 e. The van der Waals surface area contributed by atoms with Gasteiger partial charge in [-0.1, -0.05) is 32.9 Å². The number of aryl methyl sites for hydroxylation is 1. The molecule has 368 valence electrons. The molecular formula is C50H65N11O8. The molecule has 4 bridgehead atoms. The number of nitriles is 1. The monoisotopic (exact) mass is 948 g/mol. The zero-order valence-electron chi connectivity index (χ0n) is 40.1. The van der Waals surface area contributed by atoms with E-state index in [-0.39, 0.29) is 68.9 Å². The van der Waals surface area contributed by atoms with Gasteiger partial charge in [0.25, 0.3) is 5.91 Å². The van der Waals surface area contributed by atoms with E-state index < -0.39 is 53.7 Å². The molecule has 0 radical (unpaired) electrons. The SMILES string of the molecule is Cc1nc(-c2ccc(OCCC(C)(C)C)cc2)cc(N)c1C(=O)NC(CCN)C(=O)N(C)C1C(=O)NC(C)C(=O)NC(C(=O)NCC#N)Cc2ccc(OCCN)c(c2)-c2cc1ccc2OCCN. The summed E-state index contributed by atoms with van der Waals surface area (Å²) in [6.45, 7) is 10.4. The van der Waals surface area contributed by atoms with E-state index in [0.717, 1.165) is 12.0 Å². The van der Waals surface area contributed by atoms with Crippen LogP contribution < -0.4 is 58.4 Å². The predicted molar refractivity (Wildman–Crippen MR) is 262 cm³/mol. The molecule has 3 aromatic carbocycles. The Bertz CT molecular complexity index is 2500. The van der Waals surface area contributed by atoms with E-state index in [2.05, 4.69) is 47.0 Å². The Balaban J connectivity index is 1.52. The Kier molecular flexibility index (Phi) is 18.4. The summed E-state index contributed by atoms with van der Waals surface area (Å²) in [4.78, 5) is 76.4. The number of anilines is 1. The molecule has 1 aliphatic rings. The standard InChI is InChI=1S/C50H65N11O8/c1-29-43(37(55)28-39(57-29)32-8-11-34(12-9-32)67-22-16-50(3,4)5)47(64)59-38(15-17-51)49(66)61(6)44-33-10-14-42(69-24-20-54)36(27-33)35-25-31(7-13-41(35)68-23-19-53)26-40(46(63)56-21-18-52)60-45(62)30(2)58-48(44)65/h7-14,25,27-28,30,38,40,44H,15-17,19-24,26,51,53-54H2,1-6H3,(H2,55,57)(H,56,63)(H,58,65)(H,59,64)(H,60,62). The van der Waals surface area contributed by atoms with Gasteiger partial charge in [0, 0.05) is 48.9 Å². The van der Waals surface area contributed by atoms with E-state index in [1.54, 1.807) is 49.4 Å². The van der Waals surface area contributed by atoms with Crippen LogP contribution in [0.5, 0.6) is 17.2 Å². The highest BCUT2D eigenvalue weighted by atomic mass is 16.5. The van der Waals surface area contributed by atoms with Gasteiger partial charge in [0.15, 0.2) is 0 Å². The molecule has 1 aliphatic heterocycles. The lowest BCUT2D eigenvalue weighted by Crippen LogP contribution is -2.56. The molecule has 0 aliphatic carbocycles. The maximum absolute atomic E-state index is 14.7. The number of rotatable bonds is 18. The molecule has 19 heteroatoms. The summed E-state index contributed by atoms with van der Waals surface area (Å²) in [6.07, 6.45) is 0.851. The van der Waals surface area contributed by atoms with E-state index in [4.69, 9.17) is 37.1 Å². The van der Waals surface area contributed by atoms with Crippen molar-refractivity contribution in [3.8, 4) is 45.7 Å². The van der Waals surface area contributed by atoms with Crippen LogP contribution in [0.2, 0.25) is 0 Å². The normalized spacial score (nSPS) is 16.4. The highest BCUT2D eigenvalue weighted by Gasteiger charge is 2.36. The van der Waals surface area contributed by atoms with Gasteiger partial charge in [-0.3, -0.25) is 29.0 Å². The van der Waals surface area contributed by atoms with Crippen molar-refractivity contribution in [3.63, 3.8) is 0 Å². The molecule has 2 heterocycles. The van der Waals surface area contributed by atoms with Crippen LogP contribution in [-0.4, -0.2) is 111 Å². The Hall–Kier alpha value is -7.27. The van der Waals surface area contributed by atoms with Gasteiger partial charge in [-0.2, -0.15) is 5.26 Å². The second-order valence-corrected chi connectivity index (χ2v) is 17.9. The lowest BCUT2D eigenvalue weighted by molar-refractivity contribution is -0.141. The fraction of sp³-hybridized carbons (Fsp3) is 0.420. The fourth-order valence-electron chi connectivity index (χ4n) is 7.70. The van der Waals surface area contributed by atoms with E-state index in [0.29, 0.717) is 57.5 Å². The molecule has 4 aromatic rings. The lowest BCUT2D eigenvalue weighted by atomic mass is 9.93. The van der Waals surface area contributed by atoms with Gasteiger partial charge in [0.05, 0.1) is 29.6 Å². The topological polar surface area (TPSA) is 305 Å². The van der Waals surface area contributed by atoms with Crippen LogP contribution in [0.3, 0.4) is 0 Å². The molecule has 5 rings (SSSR count). The van der Waals surface area contributed by atoms with Gasteiger partial charge in [-0.05, 0) is 104 Å². The van der Waals surface area contributed by atoms with Gasteiger partial charge in [-0.25, -0.2) is 0 Å². The van der Waals surface area contributed by atoms with Crippen LogP contribution in [0.25, 0.3) is 22.4 Å². The van der Waals surface area contributed by atoms with E-state index in [9.17, 15) is 29.2 Å². The van der Waals surface area contributed by atoms with Crippen molar-refractivity contribution in [2.45, 2.75) is 78.0 Å². The number of benzene rings is 3. The number of ether oxygens (including phenoxy) is 3. The van der Waals surface area contributed by atoms with Crippen LogP contribution in [0.1, 0.15) is 73.8 Å². The molecule has 0 saturated heterocycles. The van der Waals surface area contributed by atoms with Crippen molar-refractivity contribution in [2.75, 3.05) is 58.8 Å². The third-order valence-corrected chi connectivity index (χ3v) is 11.3. The second-order valence-electron chi connectivity index (χ2n) is 17.9. The number of amides is 5. The Morgan fingerprint density at radius 3 is 2.14 bits per heavy atom. The first-order valence-corrected chi connectivity index (χ1v) is 22.9. The molecule has 0 fully saturated rings. The van der Waals surface area contributed by atoms with Gasteiger partial charge in [-0.15, -0.1) is 0 Å². The third kappa shape index (κ3) is 13.9. The van der Waals surface area contributed by atoms with Crippen LogP contribution in [0, 0.1) is 23.7 Å². The Morgan fingerprint density at radius 1 is 0.884 bits per heavy atom. The van der Waals surface area contributed by atoms with Crippen molar-refractivity contribution in [3.05, 3.63) is 89.1 Å². The number of nitrogens with zero attached hydrogens (tertiary/aromatic N) is 3. The summed E-state index contributed by atoms with van der Waals surface area (Å²) in [6, 6.07) is 15.9. The number of hydrogen-bond donors (Lipinski definition) is 8. The van der Waals surface area contributed by atoms with E-state index in [1.165, 1.54) is 18.9 Å². The maximum atomic E-state index is 14.7. The predicted octanol–water partition coefficient (Wildman–Crippen LogP) is 2.63. The maximum Gasteiger partial charge on any atom is 0.255 e. The number of nitrogens with one attached hydrogen (secondary N) is 4. The molecule has 12 N–H and O–H groups in total. The first-order valence-electron chi connectivity index (χ1n) is 22.9.